The predicted octanol–water partition coefficient (Wildman–Crippen LogP) is 1.79. The molecule has 0 aliphatic carbocycles. The fraction of sp³-hybridized carbons (Fsp3) is 0.444. The van der Waals surface area contributed by atoms with Crippen molar-refractivity contribution >= 4 is 27.3 Å². The standard InChI is InChI=1S/C18H23N3O4S2/c1-3-17-19-14(13-26-17)12-18(22)20-8-10-21(11-9-20)27(23,24)16-6-4-15(25-2)5-7-16/h4-7,13H,3,8-12H2,1-2H3. The minimum Gasteiger partial charge on any atom is -0.497 e. The summed E-state index contributed by atoms with van der Waals surface area (Å²) in [5.41, 5.74) is 0.787. The van der Waals surface area contributed by atoms with Crippen molar-refractivity contribution in [3.8, 4) is 5.75 Å². The van der Waals surface area contributed by atoms with Crippen molar-refractivity contribution in [3.63, 3.8) is 0 Å². The summed E-state index contributed by atoms with van der Waals surface area (Å²) in [5.74, 6) is 0.599. The number of sulfonamides is 1. The molecule has 2 heterocycles. The van der Waals surface area contributed by atoms with Crippen LogP contribution in [0.4, 0.5) is 0 Å². The highest BCUT2D eigenvalue weighted by Gasteiger charge is 2.30. The molecule has 0 atom stereocenters. The molecule has 0 unspecified atom stereocenters. The van der Waals surface area contributed by atoms with Gasteiger partial charge in [-0.05, 0) is 30.7 Å². The largest absolute Gasteiger partial charge is 0.497 e. The van der Waals surface area contributed by atoms with Crippen LogP contribution < -0.4 is 4.74 Å². The summed E-state index contributed by atoms with van der Waals surface area (Å²) in [5, 5.41) is 2.94. The van der Waals surface area contributed by atoms with Gasteiger partial charge in [-0.1, -0.05) is 6.92 Å². The lowest BCUT2D eigenvalue weighted by atomic mass is 10.2. The van der Waals surface area contributed by atoms with Gasteiger partial charge < -0.3 is 9.64 Å². The van der Waals surface area contributed by atoms with E-state index in [2.05, 4.69) is 4.98 Å². The number of piperazine rings is 1. The van der Waals surface area contributed by atoms with Crippen molar-refractivity contribution in [1.82, 2.24) is 14.2 Å². The lowest BCUT2D eigenvalue weighted by Crippen LogP contribution is -2.50. The smallest absolute Gasteiger partial charge is 0.243 e. The molecule has 3 rings (SSSR count). The number of carbonyl (C=O) groups excluding carboxylic acids is 1. The molecule has 1 aromatic heterocycles. The Morgan fingerprint density at radius 3 is 2.41 bits per heavy atom. The van der Waals surface area contributed by atoms with E-state index in [0.717, 1.165) is 17.1 Å². The lowest BCUT2D eigenvalue weighted by Gasteiger charge is -2.34. The van der Waals surface area contributed by atoms with E-state index in [9.17, 15) is 13.2 Å². The number of aromatic nitrogens is 1. The molecular weight excluding hydrogens is 386 g/mol. The number of benzene rings is 1. The van der Waals surface area contributed by atoms with Crippen molar-refractivity contribution in [2.45, 2.75) is 24.7 Å². The zero-order chi connectivity index (χ0) is 19.4. The highest BCUT2D eigenvalue weighted by atomic mass is 32.2. The van der Waals surface area contributed by atoms with E-state index in [-0.39, 0.29) is 30.3 Å². The Morgan fingerprint density at radius 1 is 1.19 bits per heavy atom. The molecule has 0 bridgehead atoms. The van der Waals surface area contributed by atoms with E-state index >= 15 is 0 Å². The molecule has 0 radical (unpaired) electrons. The van der Waals surface area contributed by atoms with Crippen LogP contribution in [-0.4, -0.2) is 61.8 Å². The van der Waals surface area contributed by atoms with Crippen LogP contribution in [0.15, 0.2) is 34.5 Å². The second-order valence-electron chi connectivity index (χ2n) is 6.22. The monoisotopic (exact) mass is 409 g/mol. The number of thiazole rings is 1. The zero-order valence-electron chi connectivity index (χ0n) is 15.4. The third kappa shape index (κ3) is 4.48. The molecule has 1 aliphatic rings. The molecule has 1 fully saturated rings. The Labute approximate surface area is 163 Å². The van der Waals surface area contributed by atoms with Crippen molar-refractivity contribution in [2.24, 2.45) is 0 Å². The minimum absolute atomic E-state index is 0.00977. The first-order valence-electron chi connectivity index (χ1n) is 8.79. The molecule has 9 heteroatoms. The molecule has 1 aliphatic heterocycles. The van der Waals surface area contributed by atoms with Gasteiger partial charge in [-0.2, -0.15) is 4.31 Å². The Hall–Kier alpha value is -1.97. The van der Waals surface area contributed by atoms with Crippen molar-refractivity contribution in [2.75, 3.05) is 33.3 Å². The summed E-state index contributed by atoms with van der Waals surface area (Å²) in [4.78, 5) is 18.8. The van der Waals surface area contributed by atoms with Crippen LogP contribution in [0.5, 0.6) is 5.75 Å². The highest BCUT2D eigenvalue weighted by molar-refractivity contribution is 7.89. The van der Waals surface area contributed by atoms with E-state index in [1.165, 1.54) is 11.4 Å². The molecule has 0 spiro atoms. The molecule has 27 heavy (non-hydrogen) atoms. The average molecular weight is 410 g/mol. The summed E-state index contributed by atoms with van der Waals surface area (Å²) < 4.78 is 32.0. The Kier molecular flexibility index (Phi) is 6.13. The highest BCUT2D eigenvalue weighted by Crippen LogP contribution is 2.21. The maximum absolute atomic E-state index is 12.8. The van der Waals surface area contributed by atoms with Gasteiger partial charge in [-0.15, -0.1) is 11.3 Å². The first kappa shape index (κ1) is 19.8. The summed E-state index contributed by atoms with van der Waals surface area (Å²) in [7, 11) is -2.03. The lowest BCUT2D eigenvalue weighted by molar-refractivity contribution is -0.131. The Bertz CT molecular complexity index is 886. The number of hydrogen-bond acceptors (Lipinski definition) is 6. The van der Waals surface area contributed by atoms with Gasteiger partial charge in [-0.3, -0.25) is 4.79 Å². The summed E-state index contributed by atoms with van der Waals surface area (Å²) >= 11 is 1.56. The molecule has 0 N–H and O–H groups in total. The number of hydrogen-bond donors (Lipinski definition) is 0. The van der Waals surface area contributed by atoms with Gasteiger partial charge in [-0.25, -0.2) is 13.4 Å². The number of nitrogens with zero attached hydrogens (tertiary/aromatic N) is 3. The van der Waals surface area contributed by atoms with Gasteiger partial charge in [0.2, 0.25) is 15.9 Å². The number of amides is 1. The third-order valence-corrected chi connectivity index (χ3v) is 7.48. The Morgan fingerprint density at radius 2 is 1.85 bits per heavy atom. The second-order valence-corrected chi connectivity index (χ2v) is 9.10. The predicted molar refractivity (Wildman–Crippen MR) is 104 cm³/mol. The summed E-state index contributed by atoms with van der Waals surface area (Å²) in [6.45, 7) is 3.39. The van der Waals surface area contributed by atoms with Gasteiger partial charge in [0.05, 0.1) is 29.1 Å². The normalized spacial score (nSPS) is 15.7. The quantitative estimate of drug-likeness (QED) is 0.727. The van der Waals surface area contributed by atoms with E-state index in [1.807, 2.05) is 12.3 Å². The number of carbonyl (C=O) groups is 1. The number of rotatable bonds is 6. The molecule has 2 aromatic rings. The van der Waals surface area contributed by atoms with E-state index < -0.39 is 10.0 Å². The van der Waals surface area contributed by atoms with Crippen LogP contribution >= 0.6 is 11.3 Å². The first-order valence-corrected chi connectivity index (χ1v) is 11.1. The maximum Gasteiger partial charge on any atom is 0.243 e. The van der Waals surface area contributed by atoms with E-state index in [1.54, 1.807) is 40.5 Å². The second kappa shape index (κ2) is 8.37. The van der Waals surface area contributed by atoms with Gasteiger partial charge in [0.15, 0.2) is 0 Å². The topological polar surface area (TPSA) is 79.8 Å². The van der Waals surface area contributed by atoms with Gasteiger partial charge in [0.1, 0.15) is 5.75 Å². The molecule has 1 aromatic carbocycles. The third-order valence-electron chi connectivity index (χ3n) is 4.52. The summed E-state index contributed by atoms with van der Waals surface area (Å²) in [6.07, 6.45) is 1.13. The zero-order valence-corrected chi connectivity index (χ0v) is 17.1. The van der Waals surface area contributed by atoms with Crippen molar-refractivity contribution in [3.05, 3.63) is 40.3 Å². The minimum atomic E-state index is -3.57. The van der Waals surface area contributed by atoms with Crippen LogP contribution in [0.25, 0.3) is 0 Å². The SMILES string of the molecule is CCc1nc(CC(=O)N2CCN(S(=O)(=O)c3ccc(OC)cc3)CC2)cs1. The van der Waals surface area contributed by atoms with Crippen molar-refractivity contribution < 1.29 is 17.9 Å². The molecule has 0 saturated carbocycles. The first-order chi connectivity index (χ1) is 12.9. The number of methoxy groups -OCH3 is 1. The van der Waals surface area contributed by atoms with E-state index in [0.29, 0.717) is 18.8 Å². The Balaban J connectivity index is 1.59. The number of aryl methyl sites for hydroxylation is 1. The van der Waals surface area contributed by atoms with Gasteiger partial charge in [0, 0.05) is 31.6 Å². The van der Waals surface area contributed by atoms with Crippen LogP contribution in [0, 0.1) is 0 Å². The van der Waals surface area contributed by atoms with Gasteiger partial charge >= 0.3 is 0 Å². The summed E-state index contributed by atoms with van der Waals surface area (Å²) in [6, 6.07) is 6.34. The van der Waals surface area contributed by atoms with Crippen LogP contribution in [0.2, 0.25) is 0 Å². The average Bonchev–Trinajstić information content (AvgIpc) is 3.15. The van der Waals surface area contributed by atoms with Crippen LogP contribution in [0.1, 0.15) is 17.6 Å². The molecule has 1 saturated heterocycles. The number of ether oxygens (including phenoxy) is 1. The molecule has 1 amide bonds. The van der Waals surface area contributed by atoms with E-state index in [4.69, 9.17) is 4.74 Å². The maximum atomic E-state index is 12.8. The fourth-order valence-corrected chi connectivity index (χ4v) is 5.10. The fourth-order valence-electron chi connectivity index (χ4n) is 2.93. The van der Waals surface area contributed by atoms with Crippen LogP contribution in [-0.2, 0) is 27.7 Å². The molecular formula is C18H23N3O4S2. The molecule has 7 nitrogen and oxygen atoms in total. The molecule has 146 valence electrons. The van der Waals surface area contributed by atoms with Gasteiger partial charge in [0.25, 0.3) is 0 Å². The van der Waals surface area contributed by atoms with Crippen molar-refractivity contribution in [1.29, 1.82) is 0 Å². The van der Waals surface area contributed by atoms with Crippen LogP contribution in [0.3, 0.4) is 0 Å².